The highest BCUT2D eigenvalue weighted by molar-refractivity contribution is 7.92. The molecule has 0 aromatic heterocycles. The highest BCUT2D eigenvalue weighted by atomic mass is 32.2. The van der Waals surface area contributed by atoms with Crippen molar-refractivity contribution in [2.45, 2.75) is 9.79 Å². The third kappa shape index (κ3) is 3.87. The van der Waals surface area contributed by atoms with Crippen LogP contribution in [-0.2, 0) is 20.0 Å². The van der Waals surface area contributed by atoms with Crippen LogP contribution in [0.1, 0.15) is 0 Å². The molecule has 0 spiro atoms. The fourth-order valence-corrected chi connectivity index (χ4v) is 3.77. The Morgan fingerprint density at radius 1 is 0.615 bits per heavy atom. The molecule has 14 heteroatoms. The van der Waals surface area contributed by atoms with Gasteiger partial charge >= 0.3 is 0 Å². The van der Waals surface area contributed by atoms with Gasteiger partial charge in [-0.3, -0.25) is 0 Å². The van der Waals surface area contributed by atoms with E-state index in [9.17, 15) is 34.4 Å². The second-order valence-electron chi connectivity index (χ2n) is 4.68. The molecule has 4 N–H and O–H groups in total. The van der Waals surface area contributed by atoms with Crippen LogP contribution in [0, 0.1) is 23.3 Å². The molecule has 0 bridgehead atoms. The molecule has 0 atom stereocenters. The first-order chi connectivity index (χ1) is 11.8. The van der Waals surface area contributed by atoms with E-state index in [-0.39, 0.29) is 24.3 Å². The third-order valence-electron chi connectivity index (χ3n) is 2.91. The van der Waals surface area contributed by atoms with Crippen LogP contribution in [0.3, 0.4) is 0 Å². The normalized spacial score (nSPS) is 12.3. The van der Waals surface area contributed by atoms with E-state index < -0.39 is 64.6 Å². The Morgan fingerprint density at radius 3 is 1.08 bits per heavy atom. The van der Waals surface area contributed by atoms with Crippen LogP contribution < -0.4 is 9.66 Å². The lowest BCUT2D eigenvalue weighted by Gasteiger charge is -2.10. The first-order valence-corrected chi connectivity index (χ1v) is 9.21. The molecular formula is C12H8F4N2O6S2. The van der Waals surface area contributed by atoms with Crippen LogP contribution in [0.15, 0.2) is 34.1 Å². The number of aromatic hydroxyl groups is 2. The maximum atomic E-state index is 13.2. The fraction of sp³-hybridized carbons (Fsp3) is 0. The minimum Gasteiger partial charge on any atom is -0.503 e. The molecule has 0 fully saturated rings. The number of nitrogens with one attached hydrogen (secondary N) is 2. The number of phenols is 2. The largest absolute Gasteiger partial charge is 0.503 e. The number of hydrogen-bond acceptors (Lipinski definition) is 6. The van der Waals surface area contributed by atoms with Crippen LogP contribution in [0.5, 0.6) is 11.5 Å². The van der Waals surface area contributed by atoms with Gasteiger partial charge in [-0.25, -0.2) is 34.4 Å². The average Bonchev–Trinajstić information content (AvgIpc) is 2.55. The highest BCUT2D eigenvalue weighted by Crippen LogP contribution is 2.25. The second-order valence-corrected chi connectivity index (χ2v) is 8.05. The van der Waals surface area contributed by atoms with Crippen LogP contribution in [0.4, 0.5) is 17.6 Å². The maximum Gasteiger partial charge on any atom is 0.254 e. The summed E-state index contributed by atoms with van der Waals surface area (Å²) in [5, 5.41) is 17.8. The Balaban J connectivity index is 2.32. The van der Waals surface area contributed by atoms with Crippen molar-refractivity contribution in [2.24, 2.45) is 0 Å². The van der Waals surface area contributed by atoms with Gasteiger partial charge in [0.2, 0.25) is 0 Å². The van der Waals surface area contributed by atoms with E-state index in [1.807, 2.05) is 0 Å². The van der Waals surface area contributed by atoms with E-state index in [1.165, 1.54) is 9.66 Å². The summed E-state index contributed by atoms with van der Waals surface area (Å²) in [6.07, 6.45) is 0. The zero-order valence-corrected chi connectivity index (χ0v) is 13.8. The van der Waals surface area contributed by atoms with Gasteiger partial charge in [-0.1, -0.05) is 0 Å². The summed E-state index contributed by atoms with van der Waals surface area (Å²) in [5.41, 5.74) is 0. The summed E-state index contributed by atoms with van der Waals surface area (Å²) >= 11 is 0. The maximum absolute atomic E-state index is 13.2. The Morgan fingerprint density at radius 2 is 0.846 bits per heavy atom. The summed E-state index contributed by atoms with van der Waals surface area (Å²) < 4.78 is 100. The van der Waals surface area contributed by atoms with Crippen molar-refractivity contribution >= 4 is 20.0 Å². The van der Waals surface area contributed by atoms with Gasteiger partial charge in [0.05, 0.1) is 9.79 Å². The lowest BCUT2D eigenvalue weighted by Crippen LogP contribution is -2.41. The molecule has 2 aromatic rings. The third-order valence-corrected chi connectivity index (χ3v) is 5.50. The zero-order chi connectivity index (χ0) is 19.9. The van der Waals surface area contributed by atoms with Crippen molar-refractivity contribution in [3.05, 3.63) is 47.5 Å². The first kappa shape index (κ1) is 19.9. The van der Waals surface area contributed by atoms with Gasteiger partial charge in [-0.15, -0.1) is 9.66 Å². The molecule has 26 heavy (non-hydrogen) atoms. The van der Waals surface area contributed by atoms with E-state index >= 15 is 0 Å². The predicted octanol–water partition coefficient (Wildman–Crippen LogP) is 0.826. The van der Waals surface area contributed by atoms with Crippen LogP contribution in [0.2, 0.25) is 0 Å². The molecule has 0 aliphatic carbocycles. The molecule has 0 saturated heterocycles. The minimum atomic E-state index is -4.86. The van der Waals surface area contributed by atoms with E-state index in [0.717, 1.165) is 0 Å². The van der Waals surface area contributed by atoms with Crippen molar-refractivity contribution in [1.29, 1.82) is 0 Å². The average molecular weight is 416 g/mol. The van der Waals surface area contributed by atoms with Crippen LogP contribution in [0.25, 0.3) is 0 Å². The summed E-state index contributed by atoms with van der Waals surface area (Å²) in [5.74, 6) is -9.40. The molecule has 0 radical (unpaired) electrons. The molecule has 0 heterocycles. The Kier molecular flexibility index (Phi) is 5.14. The number of hydrazine groups is 1. The van der Waals surface area contributed by atoms with Gasteiger partial charge in [-0.2, -0.15) is 0 Å². The van der Waals surface area contributed by atoms with Gasteiger partial charge in [0, 0.05) is 0 Å². The lowest BCUT2D eigenvalue weighted by atomic mass is 10.3. The van der Waals surface area contributed by atoms with Crippen molar-refractivity contribution in [3.63, 3.8) is 0 Å². The van der Waals surface area contributed by atoms with Crippen molar-refractivity contribution in [2.75, 3.05) is 0 Å². The fourth-order valence-electron chi connectivity index (χ4n) is 1.62. The molecule has 0 aliphatic rings. The number of benzene rings is 2. The quantitative estimate of drug-likeness (QED) is 0.422. The Labute approximate surface area is 143 Å². The van der Waals surface area contributed by atoms with Gasteiger partial charge < -0.3 is 10.2 Å². The van der Waals surface area contributed by atoms with E-state index in [0.29, 0.717) is 0 Å². The van der Waals surface area contributed by atoms with E-state index in [4.69, 9.17) is 10.2 Å². The van der Waals surface area contributed by atoms with Crippen molar-refractivity contribution < 1.29 is 44.6 Å². The predicted molar refractivity (Wildman–Crippen MR) is 76.7 cm³/mol. The SMILES string of the molecule is O=S(=O)(NNS(=O)(=O)c1cc(F)c(O)c(F)c1)c1cc(F)c(O)c(F)c1. The molecule has 0 aliphatic heterocycles. The number of halogens is 4. The number of phenolic OH excluding ortho intramolecular Hbond substituents is 2. The second kappa shape index (κ2) is 6.71. The van der Waals surface area contributed by atoms with E-state index in [1.54, 1.807) is 0 Å². The molecule has 2 aromatic carbocycles. The lowest BCUT2D eigenvalue weighted by molar-refractivity contribution is 0.393. The standard InChI is InChI=1S/C12H8F4N2O6S2/c13-7-1-5(2-8(14)11(7)19)25(21,22)17-18-26(23,24)6-3-9(15)12(20)10(16)4-6/h1-4,17-20H. The Hall–Kier alpha value is -2.42. The van der Waals surface area contributed by atoms with Crippen molar-refractivity contribution in [1.82, 2.24) is 9.66 Å². The molecule has 142 valence electrons. The molecule has 0 amide bonds. The number of sulfonamides is 2. The molecule has 8 nitrogen and oxygen atoms in total. The minimum absolute atomic E-state index is 0.203. The zero-order valence-electron chi connectivity index (χ0n) is 12.2. The van der Waals surface area contributed by atoms with Gasteiger partial charge in [0.15, 0.2) is 34.8 Å². The summed E-state index contributed by atoms with van der Waals surface area (Å²) in [6, 6.07) is 0.813. The molecular weight excluding hydrogens is 408 g/mol. The summed E-state index contributed by atoms with van der Waals surface area (Å²) in [4.78, 5) is 0.333. The molecule has 0 saturated carbocycles. The van der Waals surface area contributed by atoms with Crippen molar-refractivity contribution in [3.8, 4) is 11.5 Å². The van der Waals surface area contributed by atoms with Crippen LogP contribution >= 0.6 is 0 Å². The topological polar surface area (TPSA) is 133 Å². The van der Waals surface area contributed by atoms with Gasteiger partial charge in [0.25, 0.3) is 20.0 Å². The number of hydrogen-bond donors (Lipinski definition) is 4. The molecule has 0 unspecified atom stereocenters. The summed E-state index contributed by atoms with van der Waals surface area (Å²) in [7, 11) is -9.72. The molecule has 2 rings (SSSR count). The van der Waals surface area contributed by atoms with Gasteiger partial charge in [-0.05, 0) is 24.3 Å². The van der Waals surface area contributed by atoms with E-state index in [2.05, 4.69) is 0 Å². The summed E-state index contributed by atoms with van der Waals surface area (Å²) in [6.45, 7) is 0. The first-order valence-electron chi connectivity index (χ1n) is 6.25. The monoisotopic (exact) mass is 416 g/mol. The number of rotatable bonds is 5. The smallest absolute Gasteiger partial charge is 0.254 e. The Bertz CT molecular complexity index is 955. The van der Waals surface area contributed by atoms with Gasteiger partial charge in [0.1, 0.15) is 0 Å². The van der Waals surface area contributed by atoms with Crippen LogP contribution in [-0.4, -0.2) is 27.0 Å². The highest BCUT2D eigenvalue weighted by Gasteiger charge is 2.24.